The zero-order valence-corrected chi connectivity index (χ0v) is 15.6. The smallest absolute Gasteiger partial charge is 0.237 e. The molecule has 9 heteroatoms. The maximum atomic E-state index is 5.40. The van der Waals surface area contributed by atoms with Gasteiger partial charge in [-0.25, -0.2) is 0 Å². The molecule has 2 heterocycles. The van der Waals surface area contributed by atoms with Crippen molar-refractivity contribution in [1.29, 1.82) is 0 Å². The molecular weight excluding hydrogens is 354 g/mol. The van der Waals surface area contributed by atoms with Crippen LogP contribution in [0.4, 0.5) is 0 Å². The topological polar surface area (TPSA) is 88.1 Å². The van der Waals surface area contributed by atoms with Gasteiger partial charge in [0.2, 0.25) is 11.7 Å². The molecule has 0 radical (unpaired) electrons. The van der Waals surface area contributed by atoms with Crippen LogP contribution in [0.3, 0.4) is 0 Å². The van der Waals surface area contributed by atoms with E-state index in [-0.39, 0.29) is 0 Å². The molecule has 0 atom stereocenters. The molecular formula is C17H19N5O3S. The van der Waals surface area contributed by atoms with Gasteiger partial charge >= 0.3 is 0 Å². The Kier molecular flexibility index (Phi) is 4.54. The summed E-state index contributed by atoms with van der Waals surface area (Å²) in [7, 11) is 5.21. The normalized spacial score (nSPS) is 13.8. The van der Waals surface area contributed by atoms with Crippen LogP contribution in [0.1, 0.15) is 30.5 Å². The molecule has 0 amide bonds. The van der Waals surface area contributed by atoms with Crippen LogP contribution in [-0.4, -0.2) is 39.1 Å². The molecule has 1 saturated carbocycles. The van der Waals surface area contributed by atoms with Crippen molar-refractivity contribution in [2.75, 3.05) is 14.2 Å². The second-order valence-electron chi connectivity index (χ2n) is 6.04. The predicted molar refractivity (Wildman–Crippen MR) is 95.4 cm³/mol. The van der Waals surface area contributed by atoms with Crippen molar-refractivity contribution in [3.05, 3.63) is 29.9 Å². The molecule has 0 bridgehead atoms. The number of thioether (sulfide) groups is 1. The summed E-state index contributed by atoms with van der Waals surface area (Å²) in [5.74, 6) is 4.50. The van der Waals surface area contributed by atoms with Gasteiger partial charge in [-0.15, -0.1) is 10.2 Å². The first-order valence-electron chi connectivity index (χ1n) is 8.26. The van der Waals surface area contributed by atoms with Crippen LogP contribution in [0.5, 0.6) is 11.5 Å². The van der Waals surface area contributed by atoms with Crippen LogP contribution >= 0.6 is 11.8 Å². The lowest BCUT2D eigenvalue weighted by Crippen LogP contribution is -1.97. The molecule has 8 nitrogen and oxygen atoms in total. The van der Waals surface area contributed by atoms with Crippen molar-refractivity contribution in [1.82, 2.24) is 24.9 Å². The Morgan fingerprint density at radius 2 is 2.08 bits per heavy atom. The maximum absolute atomic E-state index is 5.40. The van der Waals surface area contributed by atoms with E-state index in [2.05, 4.69) is 20.3 Å². The van der Waals surface area contributed by atoms with Gasteiger partial charge in [-0.3, -0.25) is 0 Å². The molecule has 0 N–H and O–H groups in total. The van der Waals surface area contributed by atoms with E-state index in [0.717, 1.165) is 16.5 Å². The standard InChI is InChI=1S/C17H19N5O3S/c1-22-16(10-4-5-10)19-20-17(22)26-9-14-18-15(21-25-14)12-7-6-11(23-2)8-13(12)24-3/h6-8,10H,4-5,9H2,1-3H3. The van der Waals surface area contributed by atoms with E-state index in [9.17, 15) is 0 Å². The van der Waals surface area contributed by atoms with E-state index in [1.165, 1.54) is 24.6 Å². The van der Waals surface area contributed by atoms with Gasteiger partial charge in [-0.2, -0.15) is 4.98 Å². The maximum Gasteiger partial charge on any atom is 0.237 e. The van der Waals surface area contributed by atoms with E-state index in [4.69, 9.17) is 14.0 Å². The third-order valence-corrected chi connectivity index (χ3v) is 5.26. The van der Waals surface area contributed by atoms with Crippen molar-refractivity contribution < 1.29 is 14.0 Å². The van der Waals surface area contributed by atoms with Gasteiger partial charge in [0.1, 0.15) is 17.3 Å². The van der Waals surface area contributed by atoms with E-state index in [1.807, 2.05) is 23.7 Å². The highest BCUT2D eigenvalue weighted by Crippen LogP contribution is 2.39. The van der Waals surface area contributed by atoms with Crippen LogP contribution in [0, 0.1) is 0 Å². The third-order valence-electron chi connectivity index (χ3n) is 4.25. The van der Waals surface area contributed by atoms with Crippen molar-refractivity contribution in [3.63, 3.8) is 0 Å². The summed E-state index contributed by atoms with van der Waals surface area (Å²) in [4.78, 5) is 4.47. The van der Waals surface area contributed by atoms with Gasteiger partial charge in [0.15, 0.2) is 5.16 Å². The Morgan fingerprint density at radius 3 is 2.81 bits per heavy atom. The molecule has 2 aromatic heterocycles. The summed E-state index contributed by atoms with van der Waals surface area (Å²) in [6.07, 6.45) is 2.40. The van der Waals surface area contributed by atoms with E-state index >= 15 is 0 Å². The molecule has 0 aliphatic heterocycles. The summed E-state index contributed by atoms with van der Waals surface area (Å²) in [6.45, 7) is 0. The molecule has 1 fully saturated rings. The molecule has 0 unspecified atom stereocenters. The number of rotatable bonds is 7. The molecule has 0 saturated heterocycles. The number of hydrogen-bond donors (Lipinski definition) is 0. The van der Waals surface area contributed by atoms with Crippen molar-refractivity contribution in [3.8, 4) is 22.9 Å². The summed E-state index contributed by atoms with van der Waals surface area (Å²) >= 11 is 1.53. The van der Waals surface area contributed by atoms with E-state index in [0.29, 0.717) is 34.9 Å². The lowest BCUT2D eigenvalue weighted by atomic mass is 10.2. The highest BCUT2D eigenvalue weighted by molar-refractivity contribution is 7.98. The second-order valence-corrected chi connectivity index (χ2v) is 6.98. The van der Waals surface area contributed by atoms with Gasteiger partial charge in [0, 0.05) is 19.0 Å². The van der Waals surface area contributed by atoms with E-state index < -0.39 is 0 Å². The Morgan fingerprint density at radius 1 is 1.23 bits per heavy atom. The van der Waals surface area contributed by atoms with Crippen LogP contribution < -0.4 is 9.47 Å². The van der Waals surface area contributed by atoms with Crippen LogP contribution in [0.25, 0.3) is 11.4 Å². The van der Waals surface area contributed by atoms with Gasteiger partial charge < -0.3 is 18.6 Å². The minimum atomic E-state index is 0.483. The van der Waals surface area contributed by atoms with Gasteiger partial charge in [0.25, 0.3) is 0 Å². The SMILES string of the molecule is COc1ccc(-c2noc(CSc3nnc(C4CC4)n3C)n2)c(OC)c1. The molecule has 3 aromatic rings. The number of ether oxygens (including phenoxy) is 2. The van der Waals surface area contributed by atoms with Gasteiger partial charge in [-0.05, 0) is 25.0 Å². The van der Waals surface area contributed by atoms with Crippen LogP contribution in [0.15, 0.2) is 27.9 Å². The first-order valence-corrected chi connectivity index (χ1v) is 9.25. The monoisotopic (exact) mass is 373 g/mol. The molecule has 0 spiro atoms. The molecule has 1 aliphatic rings. The highest BCUT2D eigenvalue weighted by Gasteiger charge is 2.29. The van der Waals surface area contributed by atoms with Crippen molar-refractivity contribution >= 4 is 11.8 Å². The number of hydrogen-bond acceptors (Lipinski definition) is 8. The van der Waals surface area contributed by atoms with Crippen LogP contribution in [0.2, 0.25) is 0 Å². The second kappa shape index (κ2) is 6.99. The largest absolute Gasteiger partial charge is 0.497 e. The van der Waals surface area contributed by atoms with Gasteiger partial charge in [-0.1, -0.05) is 16.9 Å². The van der Waals surface area contributed by atoms with Crippen LogP contribution in [-0.2, 0) is 12.8 Å². The third kappa shape index (κ3) is 3.26. The summed E-state index contributed by atoms with van der Waals surface area (Å²) in [5, 5.41) is 13.5. The summed E-state index contributed by atoms with van der Waals surface area (Å²) in [6, 6.07) is 5.48. The van der Waals surface area contributed by atoms with E-state index in [1.54, 1.807) is 20.3 Å². The Balaban J connectivity index is 1.48. The Hall–Kier alpha value is -2.55. The quantitative estimate of drug-likeness (QED) is 0.584. The van der Waals surface area contributed by atoms with Gasteiger partial charge in [0.05, 0.1) is 25.5 Å². The Bertz CT molecular complexity index is 919. The van der Waals surface area contributed by atoms with Crippen molar-refractivity contribution in [2.24, 2.45) is 7.05 Å². The average molecular weight is 373 g/mol. The number of aromatic nitrogens is 5. The zero-order valence-electron chi connectivity index (χ0n) is 14.8. The zero-order chi connectivity index (χ0) is 18.1. The predicted octanol–water partition coefficient (Wildman–Crippen LogP) is 3.05. The number of benzene rings is 1. The first kappa shape index (κ1) is 16.9. The highest BCUT2D eigenvalue weighted by atomic mass is 32.2. The molecule has 1 aromatic carbocycles. The summed E-state index contributed by atoms with van der Waals surface area (Å²) in [5.41, 5.74) is 0.753. The fourth-order valence-electron chi connectivity index (χ4n) is 2.68. The fourth-order valence-corrected chi connectivity index (χ4v) is 3.44. The molecule has 136 valence electrons. The minimum Gasteiger partial charge on any atom is -0.497 e. The lowest BCUT2D eigenvalue weighted by molar-refractivity contribution is 0.388. The number of methoxy groups -OCH3 is 2. The summed E-state index contributed by atoms with van der Waals surface area (Å²) < 4.78 is 18.0. The first-order chi connectivity index (χ1) is 12.7. The Labute approximate surface area is 154 Å². The molecule has 1 aliphatic carbocycles. The molecule has 4 rings (SSSR count). The average Bonchev–Trinajstić information content (AvgIpc) is 3.29. The minimum absolute atomic E-state index is 0.483. The van der Waals surface area contributed by atoms with Crippen molar-refractivity contribution in [2.45, 2.75) is 29.7 Å². The lowest BCUT2D eigenvalue weighted by Gasteiger charge is -2.07. The number of nitrogens with zero attached hydrogens (tertiary/aromatic N) is 5. The molecule has 26 heavy (non-hydrogen) atoms. The fraction of sp³-hybridized carbons (Fsp3) is 0.412.